The number of aryl methyl sites for hydroxylation is 1. The molecule has 8 heteroatoms. The lowest BCUT2D eigenvalue weighted by molar-refractivity contribution is -0.124. The Morgan fingerprint density at radius 3 is 2.52 bits per heavy atom. The number of thiazole rings is 1. The Kier molecular flexibility index (Phi) is 8.31. The zero-order chi connectivity index (χ0) is 17.7. The molecule has 0 saturated heterocycles. The number of nitrogens with two attached hydrogens (primary N) is 1. The van der Waals surface area contributed by atoms with Crippen molar-refractivity contribution in [1.29, 1.82) is 0 Å². The Morgan fingerprint density at radius 2 is 1.96 bits per heavy atom. The van der Waals surface area contributed by atoms with E-state index in [1.54, 1.807) is 18.4 Å². The Morgan fingerprint density at radius 1 is 1.32 bits per heavy atom. The van der Waals surface area contributed by atoms with Gasteiger partial charge in [-0.1, -0.05) is 0 Å². The predicted molar refractivity (Wildman–Crippen MR) is 102 cm³/mol. The van der Waals surface area contributed by atoms with E-state index < -0.39 is 6.04 Å². The highest BCUT2D eigenvalue weighted by molar-refractivity contribution is 7.15. The molecule has 1 amide bonds. The Hall–Kier alpha value is -1.67. The van der Waals surface area contributed by atoms with Crippen LogP contribution in [-0.2, 0) is 9.53 Å². The number of carbonyl (C=O) groups excluding carboxylic acids is 1. The van der Waals surface area contributed by atoms with Crippen molar-refractivity contribution in [2.45, 2.75) is 25.9 Å². The molecule has 1 aromatic heterocycles. The van der Waals surface area contributed by atoms with Crippen molar-refractivity contribution in [3.63, 3.8) is 0 Å². The Bertz CT molecular complexity index is 691. The topological polar surface area (TPSA) is 86.5 Å². The minimum Gasteiger partial charge on any atom is -0.497 e. The van der Waals surface area contributed by atoms with E-state index >= 15 is 0 Å². The van der Waals surface area contributed by atoms with Crippen LogP contribution in [0.25, 0.3) is 10.6 Å². The SMILES string of the molecule is COCC(N)C(=O)NC(C)c1sc(-c2ccc(OC)cc2)nc1C.Cl. The van der Waals surface area contributed by atoms with E-state index in [1.165, 1.54) is 7.11 Å². The second-order valence-electron chi connectivity index (χ2n) is 5.49. The monoisotopic (exact) mass is 385 g/mol. The van der Waals surface area contributed by atoms with Gasteiger partial charge in [-0.2, -0.15) is 0 Å². The molecule has 2 atom stereocenters. The molecular weight excluding hydrogens is 362 g/mol. The normalized spacial score (nSPS) is 12.8. The standard InChI is InChI=1S/C17H23N3O3S.ClH/c1-10(19-16(21)14(18)9-22-3)15-11(2)20-17(24-15)12-5-7-13(23-4)8-6-12;/h5-8,10,14H,9,18H2,1-4H3,(H,19,21);1H. The number of methoxy groups -OCH3 is 2. The van der Waals surface area contributed by atoms with E-state index in [9.17, 15) is 4.79 Å². The quantitative estimate of drug-likeness (QED) is 0.765. The summed E-state index contributed by atoms with van der Waals surface area (Å²) < 4.78 is 10.1. The molecule has 1 heterocycles. The van der Waals surface area contributed by atoms with Crippen molar-refractivity contribution in [2.24, 2.45) is 5.73 Å². The van der Waals surface area contributed by atoms with E-state index in [-0.39, 0.29) is 31.0 Å². The number of nitrogens with zero attached hydrogens (tertiary/aromatic N) is 1. The zero-order valence-electron chi connectivity index (χ0n) is 14.7. The molecule has 0 bridgehead atoms. The van der Waals surface area contributed by atoms with E-state index in [0.717, 1.165) is 26.9 Å². The summed E-state index contributed by atoms with van der Waals surface area (Å²) in [6, 6.07) is 6.91. The first-order valence-electron chi connectivity index (χ1n) is 7.63. The van der Waals surface area contributed by atoms with Gasteiger partial charge >= 0.3 is 0 Å². The van der Waals surface area contributed by atoms with E-state index in [1.807, 2.05) is 38.1 Å². The van der Waals surface area contributed by atoms with Crippen molar-refractivity contribution in [3.05, 3.63) is 34.8 Å². The first-order valence-corrected chi connectivity index (χ1v) is 8.44. The second-order valence-corrected chi connectivity index (χ2v) is 6.52. The summed E-state index contributed by atoms with van der Waals surface area (Å²) in [6.07, 6.45) is 0. The molecule has 0 radical (unpaired) electrons. The first-order chi connectivity index (χ1) is 11.5. The van der Waals surface area contributed by atoms with Gasteiger partial charge in [-0.05, 0) is 38.1 Å². The van der Waals surface area contributed by atoms with Gasteiger partial charge in [0.15, 0.2) is 0 Å². The number of aromatic nitrogens is 1. The Labute approximate surface area is 158 Å². The number of hydrogen-bond donors (Lipinski definition) is 2. The molecule has 1 aromatic carbocycles. The number of benzene rings is 1. The van der Waals surface area contributed by atoms with Crippen molar-refractivity contribution in [1.82, 2.24) is 10.3 Å². The minimum absolute atomic E-state index is 0. The van der Waals surface area contributed by atoms with E-state index in [2.05, 4.69) is 10.3 Å². The fourth-order valence-corrected chi connectivity index (χ4v) is 3.38. The van der Waals surface area contributed by atoms with Gasteiger partial charge < -0.3 is 20.5 Å². The lowest BCUT2D eigenvalue weighted by Gasteiger charge is -2.16. The highest BCUT2D eigenvalue weighted by atomic mass is 35.5. The molecule has 0 fully saturated rings. The molecule has 2 aromatic rings. The fraction of sp³-hybridized carbons (Fsp3) is 0.412. The van der Waals surface area contributed by atoms with Gasteiger partial charge in [0.05, 0.1) is 30.3 Å². The number of carbonyl (C=O) groups is 1. The van der Waals surface area contributed by atoms with Crippen molar-refractivity contribution in [3.8, 4) is 16.3 Å². The highest BCUT2D eigenvalue weighted by Crippen LogP contribution is 2.32. The summed E-state index contributed by atoms with van der Waals surface area (Å²) in [5, 5.41) is 3.82. The molecule has 0 aliphatic rings. The van der Waals surface area contributed by atoms with Crippen LogP contribution in [0, 0.1) is 6.92 Å². The lowest BCUT2D eigenvalue weighted by atomic mass is 10.2. The lowest BCUT2D eigenvalue weighted by Crippen LogP contribution is -2.44. The van der Waals surface area contributed by atoms with Gasteiger partial charge in [0.2, 0.25) is 5.91 Å². The summed E-state index contributed by atoms with van der Waals surface area (Å²) in [6.45, 7) is 4.06. The van der Waals surface area contributed by atoms with Gasteiger partial charge in [0, 0.05) is 12.7 Å². The van der Waals surface area contributed by atoms with Crippen LogP contribution >= 0.6 is 23.7 Å². The number of ether oxygens (including phenoxy) is 2. The molecule has 25 heavy (non-hydrogen) atoms. The van der Waals surface area contributed by atoms with Crippen LogP contribution in [-0.4, -0.2) is 37.8 Å². The smallest absolute Gasteiger partial charge is 0.239 e. The summed E-state index contributed by atoms with van der Waals surface area (Å²) >= 11 is 1.56. The largest absolute Gasteiger partial charge is 0.497 e. The van der Waals surface area contributed by atoms with Crippen molar-refractivity contribution in [2.75, 3.05) is 20.8 Å². The van der Waals surface area contributed by atoms with Crippen LogP contribution in [0.2, 0.25) is 0 Å². The average molecular weight is 386 g/mol. The van der Waals surface area contributed by atoms with E-state index in [4.69, 9.17) is 15.2 Å². The van der Waals surface area contributed by atoms with Crippen LogP contribution in [0.3, 0.4) is 0 Å². The second kappa shape index (κ2) is 9.72. The van der Waals surface area contributed by atoms with Gasteiger partial charge in [-0.25, -0.2) is 4.98 Å². The third-order valence-electron chi connectivity index (χ3n) is 3.60. The third-order valence-corrected chi connectivity index (χ3v) is 4.99. The van der Waals surface area contributed by atoms with Crippen molar-refractivity contribution >= 4 is 29.7 Å². The minimum atomic E-state index is -0.674. The van der Waals surface area contributed by atoms with Crippen LogP contribution in [0.15, 0.2) is 24.3 Å². The summed E-state index contributed by atoms with van der Waals surface area (Å²) in [7, 11) is 3.16. The Balaban J connectivity index is 0.00000312. The van der Waals surface area contributed by atoms with Gasteiger partial charge in [0.1, 0.15) is 16.8 Å². The fourth-order valence-electron chi connectivity index (χ4n) is 2.31. The number of rotatable bonds is 7. The van der Waals surface area contributed by atoms with Crippen LogP contribution < -0.4 is 15.8 Å². The zero-order valence-corrected chi connectivity index (χ0v) is 16.4. The highest BCUT2D eigenvalue weighted by Gasteiger charge is 2.20. The van der Waals surface area contributed by atoms with Crippen LogP contribution in [0.4, 0.5) is 0 Å². The van der Waals surface area contributed by atoms with Gasteiger partial charge in [0.25, 0.3) is 0 Å². The average Bonchev–Trinajstić information content (AvgIpc) is 2.97. The van der Waals surface area contributed by atoms with Crippen molar-refractivity contribution < 1.29 is 14.3 Å². The number of nitrogens with one attached hydrogen (secondary N) is 1. The number of hydrogen-bond acceptors (Lipinski definition) is 6. The number of amides is 1. The van der Waals surface area contributed by atoms with Crippen LogP contribution in [0.1, 0.15) is 23.5 Å². The predicted octanol–water partition coefficient (Wildman–Crippen LogP) is 2.70. The molecule has 0 spiro atoms. The molecule has 6 nitrogen and oxygen atoms in total. The van der Waals surface area contributed by atoms with Gasteiger partial charge in [-0.3, -0.25) is 4.79 Å². The first kappa shape index (κ1) is 21.4. The maximum absolute atomic E-state index is 12.0. The maximum Gasteiger partial charge on any atom is 0.239 e. The third kappa shape index (κ3) is 5.40. The maximum atomic E-state index is 12.0. The molecule has 0 aliphatic carbocycles. The molecule has 2 rings (SSSR count). The van der Waals surface area contributed by atoms with Crippen LogP contribution in [0.5, 0.6) is 5.75 Å². The molecule has 0 saturated carbocycles. The molecule has 0 aliphatic heterocycles. The molecule has 138 valence electrons. The summed E-state index contributed by atoms with van der Waals surface area (Å²) in [4.78, 5) is 17.7. The molecular formula is C17H24ClN3O3S. The van der Waals surface area contributed by atoms with E-state index in [0.29, 0.717) is 0 Å². The number of halogens is 1. The summed E-state index contributed by atoms with van der Waals surface area (Å²) in [5.41, 5.74) is 7.67. The summed E-state index contributed by atoms with van der Waals surface area (Å²) in [5.74, 6) is 0.572. The van der Waals surface area contributed by atoms with Gasteiger partial charge in [-0.15, -0.1) is 23.7 Å². The molecule has 3 N–H and O–H groups in total. The molecule has 2 unspecified atom stereocenters.